The highest BCUT2D eigenvalue weighted by atomic mass is 79.9. The Hall–Kier alpha value is -2.21. The summed E-state index contributed by atoms with van der Waals surface area (Å²) < 4.78 is 0.589. The van der Waals surface area contributed by atoms with Crippen LogP contribution in [0.5, 0.6) is 0 Å². The number of nitrogens with zero attached hydrogens (tertiary/aromatic N) is 2. The predicted molar refractivity (Wildman–Crippen MR) is 80.4 cm³/mol. The van der Waals surface area contributed by atoms with Gasteiger partial charge in [0.05, 0.1) is 0 Å². The quantitative estimate of drug-likeness (QED) is 0.907. The third kappa shape index (κ3) is 2.31. The van der Waals surface area contributed by atoms with Crippen LogP contribution in [-0.2, 0) is 4.79 Å². The number of pyridine rings is 1. The lowest BCUT2D eigenvalue weighted by atomic mass is 10.0. The Morgan fingerprint density at radius 1 is 1.24 bits per heavy atom. The summed E-state index contributed by atoms with van der Waals surface area (Å²) in [6, 6.07) is 10.5. The van der Waals surface area contributed by atoms with Crippen LogP contribution in [0.1, 0.15) is 22.0 Å². The van der Waals surface area contributed by atoms with Crippen molar-refractivity contribution in [2.75, 3.05) is 11.4 Å². The van der Waals surface area contributed by atoms with Crippen molar-refractivity contribution in [3.8, 4) is 0 Å². The largest absolute Gasteiger partial charge is 0.481 e. The highest BCUT2D eigenvalue weighted by Crippen LogP contribution is 2.37. The van der Waals surface area contributed by atoms with Gasteiger partial charge in [0.1, 0.15) is 11.6 Å². The highest BCUT2D eigenvalue weighted by Gasteiger charge is 2.37. The topological polar surface area (TPSA) is 70.5 Å². The molecule has 106 valence electrons. The van der Waals surface area contributed by atoms with E-state index in [1.807, 2.05) is 0 Å². The summed E-state index contributed by atoms with van der Waals surface area (Å²) in [6.45, 7) is 0.122. The maximum Gasteiger partial charge on any atom is 0.312 e. The molecule has 2 heterocycles. The molecule has 1 aromatic heterocycles. The van der Waals surface area contributed by atoms with Crippen molar-refractivity contribution in [2.45, 2.75) is 5.92 Å². The van der Waals surface area contributed by atoms with Crippen LogP contribution in [0.25, 0.3) is 0 Å². The number of aromatic nitrogens is 1. The number of fused-ring (bicyclic) bond motifs is 1. The van der Waals surface area contributed by atoms with Gasteiger partial charge in [-0.3, -0.25) is 9.59 Å². The molecule has 1 amide bonds. The van der Waals surface area contributed by atoms with Crippen LogP contribution in [0.15, 0.2) is 47.1 Å². The van der Waals surface area contributed by atoms with E-state index in [4.69, 9.17) is 0 Å². The van der Waals surface area contributed by atoms with Crippen LogP contribution < -0.4 is 4.90 Å². The number of hydrogen-bond donors (Lipinski definition) is 1. The Kier molecular flexibility index (Phi) is 3.47. The summed E-state index contributed by atoms with van der Waals surface area (Å²) in [5.74, 6) is -1.94. The standard InChI is InChI=1S/C15H11BrN2O3/c16-11-5-3-7-17-13(11)14(19)18-8-10(15(20)21)9-4-1-2-6-12(9)18/h1-7,10H,8H2,(H,20,21). The van der Waals surface area contributed by atoms with Gasteiger partial charge in [-0.25, -0.2) is 4.98 Å². The molecule has 0 fully saturated rings. The monoisotopic (exact) mass is 346 g/mol. The fraction of sp³-hybridized carbons (Fsp3) is 0.133. The smallest absolute Gasteiger partial charge is 0.312 e. The number of amides is 1. The molecule has 1 unspecified atom stereocenters. The van der Waals surface area contributed by atoms with Gasteiger partial charge in [0.15, 0.2) is 0 Å². The molecule has 0 saturated carbocycles. The molecule has 1 aromatic carbocycles. The minimum Gasteiger partial charge on any atom is -0.481 e. The van der Waals surface area contributed by atoms with Crippen molar-refractivity contribution in [1.29, 1.82) is 0 Å². The second kappa shape index (κ2) is 5.29. The summed E-state index contributed by atoms with van der Waals surface area (Å²) in [7, 11) is 0. The van der Waals surface area contributed by atoms with Crippen molar-refractivity contribution < 1.29 is 14.7 Å². The summed E-state index contributed by atoms with van der Waals surface area (Å²) in [4.78, 5) is 29.6. The second-order valence-electron chi connectivity index (χ2n) is 4.70. The summed E-state index contributed by atoms with van der Waals surface area (Å²) >= 11 is 3.30. The minimum absolute atomic E-state index is 0.122. The van der Waals surface area contributed by atoms with E-state index in [2.05, 4.69) is 20.9 Å². The molecule has 1 aliphatic heterocycles. The maximum atomic E-state index is 12.6. The van der Waals surface area contributed by atoms with Crippen molar-refractivity contribution in [2.24, 2.45) is 0 Å². The van der Waals surface area contributed by atoms with E-state index in [0.717, 1.165) is 0 Å². The molecular formula is C15H11BrN2O3. The molecular weight excluding hydrogens is 336 g/mol. The lowest BCUT2D eigenvalue weighted by Crippen LogP contribution is -2.32. The molecule has 1 atom stereocenters. The molecule has 0 spiro atoms. The molecule has 6 heteroatoms. The normalized spacial score (nSPS) is 16.6. The van der Waals surface area contributed by atoms with E-state index < -0.39 is 11.9 Å². The molecule has 21 heavy (non-hydrogen) atoms. The number of carbonyl (C=O) groups is 2. The number of halogens is 1. The third-order valence-electron chi connectivity index (χ3n) is 3.47. The Morgan fingerprint density at radius 2 is 2.00 bits per heavy atom. The van der Waals surface area contributed by atoms with Crippen LogP contribution in [-0.4, -0.2) is 28.5 Å². The van der Waals surface area contributed by atoms with Gasteiger partial charge >= 0.3 is 5.97 Å². The van der Waals surface area contributed by atoms with Crippen LogP contribution in [0, 0.1) is 0 Å². The van der Waals surface area contributed by atoms with E-state index >= 15 is 0 Å². The van der Waals surface area contributed by atoms with Gasteiger partial charge in [0.2, 0.25) is 0 Å². The van der Waals surface area contributed by atoms with E-state index in [9.17, 15) is 14.7 Å². The van der Waals surface area contributed by atoms with E-state index in [-0.39, 0.29) is 18.1 Å². The van der Waals surface area contributed by atoms with Gasteiger partial charge in [-0.2, -0.15) is 0 Å². The molecule has 2 aromatic rings. The fourth-order valence-corrected chi connectivity index (χ4v) is 2.91. The Morgan fingerprint density at radius 3 is 2.71 bits per heavy atom. The maximum absolute atomic E-state index is 12.6. The van der Waals surface area contributed by atoms with Gasteiger partial charge in [-0.05, 0) is 39.7 Å². The van der Waals surface area contributed by atoms with Gasteiger partial charge in [0, 0.05) is 22.9 Å². The molecule has 0 saturated heterocycles. The molecule has 0 radical (unpaired) electrons. The number of rotatable bonds is 2. The number of benzene rings is 1. The van der Waals surface area contributed by atoms with Crippen LogP contribution >= 0.6 is 15.9 Å². The Bertz CT molecular complexity index is 732. The molecule has 0 bridgehead atoms. The van der Waals surface area contributed by atoms with Crippen molar-refractivity contribution in [3.63, 3.8) is 0 Å². The molecule has 1 aliphatic rings. The lowest BCUT2D eigenvalue weighted by molar-refractivity contribution is -0.138. The molecule has 3 rings (SSSR count). The van der Waals surface area contributed by atoms with E-state index in [1.54, 1.807) is 36.4 Å². The number of carbonyl (C=O) groups excluding carboxylic acids is 1. The lowest BCUT2D eigenvalue weighted by Gasteiger charge is -2.17. The minimum atomic E-state index is -0.933. The Balaban J connectivity index is 2.03. The van der Waals surface area contributed by atoms with Gasteiger partial charge in [-0.15, -0.1) is 0 Å². The number of anilines is 1. The summed E-state index contributed by atoms with van der Waals surface area (Å²) in [5.41, 5.74) is 1.57. The average molecular weight is 347 g/mol. The van der Waals surface area contributed by atoms with E-state index in [1.165, 1.54) is 11.1 Å². The Labute approximate surface area is 129 Å². The fourth-order valence-electron chi connectivity index (χ4n) is 2.48. The van der Waals surface area contributed by atoms with Crippen LogP contribution in [0.4, 0.5) is 5.69 Å². The van der Waals surface area contributed by atoms with E-state index in [0.29, 0.717) is 15.7 Å². The number of aliphatic carboxylic acids is 1. The highest BCUT2D eigenvalue weighted by molar-refractivity contribution is 9.10. The van der Waals surface area contributed by atoms with Crippen molar-refractivity contribution in [3.05, 3.63) is 58.3 Å². The zero-order chi connectivity index (χ0) is 15.0. The summed E-state index contributed by atoms with van der Waals surface area (Å²) in [6.07, 6.45) is 1.54. The first-order valence-corrected chi connectivity index (χ1v) is 7.13. The number of carboxylic acids is 1. The molecule has 0 aliphatic carbocycles. The van der Waals surface area contributed by atoms with Crippen molar-refractivity contribution >= 4 is 33.5 Å². The zero-order valence-corrected chi connectivity index (χ0v) is 12.4. The number of hydrogen-bond acceptors (Lipinski definition) is 3. The first kappa shape index (κ1) is 13.8. The first-order valence-electron chi connectivity index (χ1n) is 6.33. The third-order valence-corrected chi connectivity index (χ3v) is 4.11. The summed E-state index contributed by atoms with van der Waals surface area (Å²) in [5, 5.41) is 9.32. The van der Waals surface area contributed by atoms with Crippen molar-refractivity contribution in [1.82, 2.24) is 4.98 Å². The first-order chi connectivity index (χ1) is 10.1. The van der Waals surface area contributed by atoms with Crippen LogP contribution in [0.3, 0.4) is 0 Å². The number of para-hydroxylation sites is 1. The molecule has 1 N–H and O–H groups in total. The predicted octanol–water partition coefficient (Wildman–Crippen LogP) is 2.67. The average Bonchev–Trinajstić information content (AvgIpc) is 2.87. The SMILES string of the molecule is O=C(O)C1CN(C(=O)c2ncccc2Br)c2ccccc21. The zero-order valence-electron chi connectivity index (χ0n) is 10.9. The van der Waals surface area contributed by atoms with Gasteiger partial charge < -0.3 is 10.0 Å². The van der Waals surface area contributed by atoms with Gasteiger partial charge in [-0.1, -0.05) is 18.2 Å². The van der Waals surface area contributed by atoms with Gasteiger partial charge in [0.25, 0.3) is 5.91 Å². The molecule has 5 nitrogen and oxygen atoms in total. The van der Waals surface area contributed by atoms with Crippen LogP contribution in [0.2, 0.25) is 0 Å². The number of carboxylic acid groups (broad SMARTS) is 1. The second-order valence-corrected chi connectivity index (χ2v) is 5.55.